The van der Waals surface area contributed by atoms with Crippen molar-refractivity contribution in [2.75, 3.05) is 11.9 Å². The van der Waals surface area contributed by atoms with Gasteiger partial charge in [0.2, 0.25) is 17.8 Å². The molecule has 5 aliphatic rings. The smallest absolute Gasteiger partial charge is 0.278 e. The first kappa shape index (κ1) is 38.9. The van der Waals surface area contributed by atoms with Crippen molar-refractivity contribution in [3.63, 3.8) is 0 Å². The number of anilines is 2. The number of allylic oxidation sites excluding steroid dienone is 1. The quantitative estimate of drug-likeness (QED) is 0.118. The van der Waals surface area contributed by atoms with E-state index in [0.717, 1.165) is 86.9 Å². The Morgan fingerprint density at radius 1 is 0.903 bits per heavy atom. The second-order valence-corrected chi connectivity index (χ2v) is 17.8. The Kier molecular flexibility index (Phi) is 9.47. The lowest BCUT2D eigenvalue weighted by Gasteiger charge is -2.41. The highest BCUT2D eigenvalue weighted by Gasteiger charge is 2.38. The van der Waals surface area contributed by atoms with Crippen molar-refractivity contribution in [2.24, 2.45) is 0 Å². The fraction of sp³-hybridized carbons (Fsp3) is 0.426. The highest BCUT2D eigenvalue weighted by atomic mass is 16.5. The van der Waals surface area contributed by atoms with Gasteiger partial charge in [-0.25, -0.2) is 19.3 Å². The molecule has 2 atom stereocenters. The van der Waals surface area contributed by atoms with Gasteiger partial charge >= 0.3 is 0 Å². The highest BCUT2D eigenvalue weighted by Crippen LogP contribution is 2.41. The average molecular weight is 835 g/mol. The standard InChI is InChI=1S/C47H50N10O5/c1-3-20-56-45(60)36-23-48-46(52-43(36)57(56)38-15-7-27-17-19-47(61,4-2)42(27)50-38)49-31-8-5-29-24-54(21-18-28(29)22-31)32-9-11-33(12-10-32)55-25-30-6-13-34-40(53-62-41(34)37(30)26-55)35-14-16-39(58)51-44(35)59/h3,5-8,13,15,22-23,32-33,35,61H,1,4,9-12,14,16-21,24-26H2,2H3,(H,48,49,52)(H,51,58,59)/t32?,33?,35?,47-/m1/s1. The van der Waals surface area contributed by atoms with Gasteiger partial charge in [0.25, 0.3) is 5.56 Å². The van der Waals surface area contributed by atoms with Gasteiger partial charge in [-0.15, -0.1) is 6.58 Å². The molecule has 11 rings (SSSR count). The third kappa shape index (κ3) is 6.47. The van der Waals surface area contributed by atoms with Crippen LogP contribution in [-0.4, -0.2) is 74.8 Å². The molecule has 2 aromatic carbocycles. The summed E-state index contributed by atoms with van der Waals surface area (Å²) in [7, 11) is 0. The first-order valence-electron chi connectivity index (χ1n) is 22.1. The van der Waals surface area contributed by atoms with E-state index < -0.39 is 11.5 Å². The van der Waals surface area contributed by atoms with Gasteiger partial charge in [-0.3, -0.25) is 29.5 Å². The first-order valence-corrected chi connectivity index (χ1v) is 22.1. The molecule has 1 unspecified atom stereocenters. The molecule has 15 heteroatoms. The number of pyridine rings is 1. The lowest BCUT2D eigenvalue weighted by molar-refractivity contribution is -0.134. The zero-order valence-corrected chi connectivity index (χ0v) is 34.9. The van der Waals surface area contributed by atoms with E-state index in [1.54, 1.807) is 21.6 Å². The van der Waals surface area contributed by atoms with E-state index in [4.69, 9.17) is 14.5 Å². The largest absolute Gasteiger partial charge is 0.384 e. The molecule has 2 aliphatic carbocycles. The van der Waals surface area contributed by atoms with Gasteiger partial charge in [0.15, 0.2) is 17.0 Å². The Morgan fingerprint density at radius 2 is 1.69 bits per heavy atom. The number of benzene rings is 2. The number of nitrogens with zero attached hydrogens (tertiary/aromatic N) is 8. The molecule has 15 nitrogen and oxygen atoms in total. The number of aliphatic hydroxyl groups is 1. The SMILES string of the molecule is C=CCn1c(=O)c2cnc(Nc3ccc4c(c3)CCN(C3CCC(N5Cc6ccc7c(C8CCC(=O)NC8=O)noc7c6C5)CC3)C4)nc2n1-c1ccc2c(n1)[C@@](O)(CC)CC2. The molecule has 2 fully saturated rings. The Morgan fingerprint density at radius 3 is 2.50 bits per heavy atom. The number of amides is 2. The van der Waals surface area contributed by atoms with E-state index in [9.17, 15) is 19.5 Å². The monoisotopic (exact) mass is 834 g/mol. The molecule has 0 bridgehead atoms. The summed E-state index contributed by atoms with van der Waals surface area (Å²) in [5.41, 5.74) is 8.29. The molecule has 2 amide bonds. The summed E-state index contributed by atoms with van der Waals surface area (Å²) in [6.45, 7) is 9.74. The number of imide groups is 1. The normalized spacial score (nSPS) is 24.0. The summed E-state index contributed by atoms with van der Waals surface area (Å²) in [6.07, 6.45) is 11.5. The molecule has 6 aromatic rings. The molecule has 318 valence electrons. The van der Waals surface area contributed by atoms with Crippen LogP contribution in [0.4, 0.5) is 11.6 Å². The lowest BCUT2D eigenvalue weighted by atomic mass is 9.87. The summed E-state index contributed by atoms with van der Waals surface area (Å²) in [5, 5.41) is 22.8. The third-order valence-corrected chi connectivity index (χ3v) is 14.4. The fourth-order valence-corrected chi connectivity index (χ4v) is 10.9. The van der Waals surface area contributed by atoms with Crippen molar-refractivity contribution in [3.05, 3.63) is 111 Å². The number of carbonyl (C=O) groups excluding carboxylic acids is 2. The van der Waals surface area contributed by atoms with Crippen molar-refractivity contribution in [1.29, 1.82) is 0 Å². The fourth-order valence-electron chi connectivity index (χ4n) is 10.9. The summed E-state index contributed by atoms with van der Waals surface area (Å²) in [4.78, 5) is 57.5. The van der Waals surface area contributed by atoms with Crippen molar-refractivity contribution >= 4 is 45.5 Å². The third-order valence-electron chi connectivity index (χ3n) is 14.4. The lowest BCUT2D eigenvalue weighted by Crippen LogP contribution is -2.44. The van der Waals surface area contributed by atoms with Crippen LogP contribution in [0.5, 0.6) is 0 Å². The van der Waals surface area contributed by atoms with Crippen LogP contribution in [0, 0.1) is 0 Å². The molecular formula is C47H50N10O5. The maximum atomic E-state index is 13.6. The van der Waals surface area contributed by atoms with Gasteiger partial charge in [-0.05, 0) is 104 Å². The summed E-state index contributed by atoms with van der Waals surface area (Å²) in [5.74, 6) is -0.0959. The molecule has 0 radical (unpaired) electrons. The van der Waals surface area contributed by atoms with Crippen LogP contribution in [-0.2, 0) is 54.2 Å². The minimum Gasteiger partial charge on any atom is -0.384 e. The number of nitrogens with one attached hydrogen (secondary N) is 2. The molecule has 4 aromatic heterocycles. The second-order valence-electron chi connectivity index (χ2n) is 17.8. The number of fused-ring (bicyclic) bond motifs is 6. The van der Waals surface area contributed by atoms with E-state index in [-0.39, 0.29) is 23.9 Å². The topological polar surface area (TPSA) is 177 Å². The summed E-state index contributed by atoms with van der Waals surface area (Å²) in [6, 6.07) is 15.6. The van der Waals surface area contributed by atoms with Crippen molar-refractivity contribution < 1.29 is 19.2 Å². The number of piperidine rings is 1. The van der Waals surface area contributed by atoms with Crippen molar-refractivity contribution in [1.82, 2.24) is 44.6 Å². The molecule has 1 saturated heterocycles. The highest BCUT2D eigenvalue weighted by molar-refractivity contribution is 6.02. The van der Waals surface area contributed by atoms with E-state index in [1.807, 2.05) is 25.1 Å². The zero-order chi connectivity index (χ0) is 42.3. The number of hydrogen-bond acceptors (Lipinski definition) is 12. The van der Waals surface area contributed by atoms with Gasteiger partial charge in [-0.1, -0.05) is 36.4 Å². The van der Waals surface area contributed by atoms with Crippen molar-refractivity contribution in [2.45, 2.75) is 121 Å². The molecule has 1 saturated carbocycles. The van der Waals surface area contributed by atoms with Gasteiger partial charge in [0.1, 0.15) is 16.7 Å². The minimum absolute atomic E-state index is 0.232. The number of hydrogen-bond donors (Lipinski definition) is 3. The van der Waals surface area contributed by atoms with Gasteiger partial charge in [-0.2, -0.15) is 4.98 Å². The summed E-state index contributed by atoms with van der Waals surface area (Å²) < 4.78 is 9.18. The van der Waals surface area contributed by atoms with Crippen LogP contribution in [0.15, 0.2) is 70.6 Å². The van der Waals surface area contributed by atoms with Crippen LogP contribution < -0.4 is 16.2 Å². The maximum absolute atomic E-state index is 13.6. The molecule has 62 heavy (non-hydrogen) atoms. The van der Waals surface area contributed by atoms with E-state index in [2.05, 4.69) is 61.4 Å². The molecule has 7 heterocycles. The Balaban J connectivity index is 0.749. The van der Waals surface area contributed by atoms with Crippen LogP contribution in [0.1, 0.15) is 103 Å². The van der Waals surface area contributed by atoms with Gasteiger partial charge in [0.05, 0.1) is 18.2 Å². The summed E-state index contributed by atoms with van der Waals surface area (Å²) >= 11 is 0. The van der Waals surface area contributed by atoms with E-state index in [1.165, 1.54) is 22.3 Å². The number of aryl methyl sites for hydroxylation is 1. The second kappa shape index (κ2) is 15.1. The minimum atomic E-state index is -0.992. The maximum Gasteiger partial charge on any atom is 0.278 e. The molecule has 3 aliphatic heterocycles. The van der Waals surface area contributed by atoms with Gasteiger partial charge < -0.3 is 14.9 Å². The predicted molar refractivity (Wildman–Crippen MR) is 232 cm³/mol. The Bertz CT molecular complexity index is 2870. The van der Waals surface area contributed by atoms with Crippen LogP contribution in [0.2, 0.25) is 0 Å². The predicted octanol–water partition coefficient (Wildman–Crippen LogP) is 5.80. The first-order chi connectivity index (χ1) is 30.2. The molecular weight excluding hydrogens is 785 g/mol. The van der Waals surface area contributed by atoms with Crippen LogP contribution in [0.3, 0.4) is 0 Å². The molecule has 3 N–H and O–H groups in total. The Labute approximate surface area is 357 Å². The Hall–Kier alpha value is -6.03. The number of rotatable bonds is 9. The van der Waals surface area contributed by atoms with Crippen LogP contribution >= 0.6 is 0 Å². The van der Waals surface area contributed by atoms with E-state index in [0.29, 0.717) is 72.0 Å². The van der Waals surface area contributed by atoms with E-state index >= 15 is 0 Å². The van der Waals surface area contributed by atoms with Crippen molar-refractivity contribution in [3.8, 4) is 5.82 Å². The number of aromatic nitrogens is 6. The van der Waals surface area contributed by atoms with Gasteiger partial charge in [0, 0.05) is 67.5 Å². The van der Waals surface area contributed by atoms with Crippen LogP contribution in [0.25, 0.3) is 27.8 Å². The number of carbonyl (C=O) groups is 2. The average Bonchev–Trinajstić information content (AvgIpc) is 4.06. The molecule has 0 spiro atoms. The zero-order valence-electron chi connectivity index (χ0n) is 34.9.